The van der Waals surface area contributed by atoms with Crippen LogP contribution in [0.4, 0.5) is 0 Å². The Morgan fingerprint density at radius 3 is 2.62 bits per heavy atom. The summed E-state index contributed by atoms with van der Waals surface area (Å²) in [5.74, 6) is -1.10. The number of fused-ring (bicyclic) bond motifs is 1. The van der Waals surface area contributed by atoms with E-state index in [-0.39, 0.29) is 11.6 Å². The number of carboxylic acid groups (broad SMARTS) is 1. The van der Waals surface area contributed by atoms with Crippen LogP contribution >= 0.6 is 46.5 Å². The lowest BCUT2D eigenvalue weighted by atomic mass is 10.0. The van der Waals surface area contributed by atoms with Crippen LogP contribution in [-0.4, -0.2) is 70.7 Å². The third-order valence-corrected chi connectivity index (χ3v) is 9.59. The number of rotatable bonds is 8. The third-order valence-electron chi connectivity index (χ3n) is 5.65. The molecule has 2 aromatic rings. The Kier molecular flexibility index (Phi) is 7.27. The monoisotopic (exact) mass is 542 g/mol. The molecule has 10 nitrogen and oxygen atoms in total. The number of carbonyl (C=O) groups is 3. The van der Waals surface area contributed by atoms with E-state index < -0.39 is 29.3 Å². The molecule has 0 radical (unpaired) electrons. The summed E-state index contributed by atoms with van der Waals surface area (Å²) in [5.41, 5.74) is 1.95. The van der Waals surface area contributed by atoms with Crippen LogP contribution in [0.15, 0.2) is 15.6 Å². The zero-order valence-electron chi connectivity index (χ0n) is 18.9. The van der Waals surface area contributed by atoms with Crippen molar-refractivity contribution in [1.29, 1.82) is 0 Å². The second kappa shape index (κ2) is 9.88. The molecule has 0 spiro atoms. The molecule has 1 saturated heterocycles. The second-order valence-electron chi connectivity index (χ2n) is 7.88. The fourth-order valence-electron chi connectivity index (χ4n) is 3.95. The minimum absolute atomic E-state index is 0.00893. The Morgan fingerprint density at radius 2 is 2.06 bits per heavy atom. The second-order valence-corrected chi connectivity index (χ2v) is 11.8. The van der Waals surface area contributed by atoms with Crippen LogP contribution in [0.3, 0.4) is 0 Å². The molecule has 3 atom stereocenters. The van der Waals surface area contributed by atoms with Gasteiger partial charge in [0.15, 0.2) is 4.34 Å². The molecule has 3 unspecified atom stereocenters. The van der Waals surface area contributed by atoms with E-state index in [1.54, 1.807) is 18.5 Å². The van der Waals surface area contributed by atoms with Crippen molar-refractivity contribution < 1.29 is 19.5 Å². The SMILES string of the molecule is CCC(C(=O)NC1C(=O)N2C(C(=O)O)=C(CSc3nnc(C)s3)CSC12)n1nc(C)c(Cl)c1C. The molecule has 0 aliphatic carbocycles. The number of nitrogens with zero attached hydrogens (tertiary/aromatic N) is 5. The van der Waals surface area contributed by atoms with Gasteiger partial charge in [-0.25, -0.2) is 4.79 Å². The molecule has 2 aliphatic rings. The number of carboxylic acids is 1. The number of nitrogens with one attached hydrogen (secondary N) is 1. The summed E-state index contributed by atoms with van der Waals surface area (Å²) in [6.07, 6.45) is 0.458. The van der Waals surface area contributed by atoms with E-state index in [1.165, 1.54) is 39.8 Å². The number of aliphatic carboxylic acids is 1. The largest absolute Gasteiger partial charge is 0.477 e. The Hall–Kier alpha value is -2.09. The van der Waals surface area contributed by atoms with E-state index in [1.807, 2.05) is 13.8 Å². The number of aryl methyl sites for hydroxylation is 2. The highest BCUT2D eigenvalue weighted by atomic mass is 35.5. The highest BCUT2D eigenvalue weighted by Crippen LogP contribution is 2.42. The number of carbonyl (C=O) groups excluding carboxylic acids is 2. The minimum atomic E-state index is -1.16. The molecule has 2 aromatic heterocycles. The van der Waals surface area contributed by atoms with Gasteiger partial charge in [0.25, 0.3) is 5.91 Å². The molecular formula is C20H23ClN6O4S3. The van der Waals surface area contributed by atoms with Crippen molar-refractivity contribution in [3.05, 3.63) is 32.7 Å². The lowest BCUT2D eigenvalue weighted by Crippen LogP contribution is -2.71. The lowest BCUT2D eigenvalue weighted by molar-refractivity contribution is -0.151. The first kappa shape index (κ1) is 25.0. The van der Waals surface area contributed by atoms with E-state index in [2.05, 4.69) is 20.6 Å². The average molecular weight is 543 g/mol. The first-order valence-corrected chi connectivity index (χ1v) is 13.7. The van der Waals surface area contributed by atoms with Gasteiger partial charge in [-0.05, 0) is 32.8 Å². The number of aromatic nitrogens is 4. The van der Waals surface area contributed by atoms with Crippen molar-refractivity contribution in [2.75, 3.05) is 11.5 Å². The summed E-state index contributed by atoms with van der Waals surface area (Å²) < 4.78 is 2.33. The Labute approximate surface area is 213 Å². The number of hydrogen-bond donors (Lipinski definition) is 2. The summed E-state index contributed by atoms with van der Waals surface area (Å²) in [5, 5.41) is 25.9. The Morgan fingerprint density at radius 1 is 1.32 bits per heavy atom. The van der Waals surface area contributed by atoms with Crippen LogP contribution in [0.5, 0.6) is 0 Å². The smallest absolute Gasteiger partial charge is 0.352 e. The van der Waals surface area contributed by atoms with Crippen molar-refractivity contribution in [3.8, 4) is 0 Å². The summed E-state index contributed by atoms with van der Waals surface area (Å²) >= 11 is 10.5. The van der Waals surface area contributed by atoms with E-state index >= 15 is 0 Å². The summed E-state index contributed by atoms with van der Waals surface area (Å²) in [7, 11) is 0. The molecule has 2 amide bonds. The molecule has 182 valence electrons. The Bertz CT molecular complexity index is 1200. The predicted octanol–water partition coefficient (Wildman–Crippen LogP) is 2.80. The third kappa shape index (κ3) is 4.45. The summed E-state index contributed by atoms with van der Waals surface area (Å²) in [4.78, 5) is 39.4. The van der Waals surface area contributed by atoms with Crippen molar-refractivity contribution in [2.45, 2.75) is 55.9 Å². The Balaban J connectivity index is 1.48. The van der Waals surface area contributed by atoms with Gasteiger partial charge in [0.05, 0.1) is 16.4 Å². The van der Waals surface area contributed by atoms with Crippen LogP contribution in [0, 0.1) is 20.8 Å². The molecule has 34 heavy (non-hydrogen) atoms. The average Bonchev–Trinajstić information content (AvgIpc) is 3.33. The number of thioether (sulfide) groups is 2. The van der Waals surface area contributed by atoms with Crippen LogP contribution in [0.25, 0.3) is 0 Å². The number of amides is 2. The molecule has 14 heteroatoms. The molecule has 1 fully saturated rings. The number of hydrogen-bond acceptors (Lipinski definition) is 9. The summed E-state index contributed by atoms with van der Waals surface area (Å²) in [6.45, 7) is 7.26. The van der Waals surface area contributed by atoms with Gasteiger partial charge in [0.2, 0.25) is 5.91 Å². The topological polar surface area (TPSA) is 130 Å². The van der Waals surface area contributed by atoms with Crippen LogP contribution in [-0.2, 0) is 14.4 Å². The minimum Gasteiger partial charge on any atom is -0.477 e. The molecular weight excluding hydrogens is 520 g/mol. The van der Waals surface area contributed by atoms with E-state index in [4.69, 9.17) is 11.6 Å². The zero-order chi connectivity index (χ0) is 24.7. The van der Waals surface area contributed by atoms with E-state index in [0.29, 0.717) is 39.9 Å². The fourth-order valence-corrected chi connectivity index (χ4v) is 7.37. The van der Waals surface area contributed by atoms with Gasteiger partial charge in [-0.1, -0.05) is 41.6 Å². The molecule has 2 N–H and O–H groups in total. The maximum atomic E-state index is 13.1. The highest BCUT2D eigenvalue weighted by Gasteiger charge is 2.54. The molecule has 4 rings (SSSR count). The highest BCUT2D eigenvalue weighted by molar-refractivity contribution is 8.01. The quantitative estimate of drug-likeness (QED) is 0.382. The summed E-state index contributed by atoms with van der Waals surface area (Å²) in [6, 6.07) is -1.42. The molecule has 0 bridgehead atoms. The van der Waals surface area contributed by atoms with Gasteiger partial charge in [0, 0.05) is 11.5 Å². The normalized spacial score (nSPS) is 20.7. The van der Waals surface area contributed by atoms with Crippen molar-refractivity contribution in [3.63, 3.8) is 0 Å². The van der Waals surface area contributed by atoms with Gasteiger partial charge in [-0.3, -0.25) is 19.2 Å². The predicted molar refractivity (Wildman–Crippen MR) is 131 cm³/mol. The van der Waals surface area contributed by atoms with Crippen LogP contribution < -0.4 is 5.32 Å². The molecule has 0 aromatic carbocycles. The molecule has 4 heterocycles. The maximum Gasteiger partial charge on any atom is 0.352 e. The fraction of sp³-hybridized carbons (Fsp3) is 0.500. The van der Waals surface area contributed by atoms with Crippen LogP contribution in [0.1, 0.15) is 35.8 Å². The van der Waals surface area contributed by atoms with E-state index in [0.717, 1.165) is 9.35 Å². The van der Waals surface area contributed by atoms with Gasteiger partial charge >= 0.3 is 5.97 Å². The van der Waals surface area contributed by atoms with Gasteiger partial charge in [-0.2, -0.15) is 5.10 Å². The van der Waals surface area contributed by atoms with Gasteiger partial charge in [-0.15, -0.1) is 22.0 Å². The van der Waals surface area contributed by atoms with Crippen LogP contribution in [0.2, 0.25) is 5.02 Å². The van der Waals surface area contributed by atoms with Crippen molar-refractivity contribution in [1.82, 2.24) is 30.2 Å². The number of halogens is 1. The first-order chi connectivity index (χ1) is 16.1. The first-order valence-electron chi connectivity index (χ1n) is 10.5. The van der Waals surface area contributed by atoms with E-state index in [9.17, 15) is 19.5 Å². The maximum absolute atomic E-state index is 13.1. The van der Waals surface area contributed by atoms with Crippen molar-refractivity contribution in [2.24, 2.45) is 0 Å². The lowest BCUT2D eigenvalue weighted by Gasteiger charge is -2.49. The van der Waals surface area contributed by atoms with Gasteiger partial charge in [0.1, 0.15) is 28.2 Å². The zero-order valence-corrected chi connectivity index (χ0v) is 22.1. The van der Waals surface area contributed by atoms with Gasteiger partial charge < -0.3 is 10.4 Å². The van der Waals surface area contributed by atoms with Crippen molar-refractivity contribution >= 4 is 64.2 Å². The number of β-lactam (4-membered cyclic amide) rings is 1. The molecule has 0 saturated carbocycles. The molecule has 2 aliphatic heterocycles. The standard InChI is InChI=1S/C20H23ClN6O4S3/c1-5-12(27-9(3)13(21)8(2)25-27)16(28)22-14-17(29)26-15(19(30)31)11(6-32-18(14)26)7-33-20-24-23-10(4)34-20/h12,14,18H,5-7H2,1-4H3,(H,22,28)(H,30,31).